The van der Waals surface area contributed by atoms with Crippen molar-refractivity contribution >= 4 is 52.8 Å². The van der Waals surface area contributed by atoms with Crippen molar-refractivity contribution < 1.29 is 29.0 Å². The number of hydrogen-bond donors (Lipinski definition) is 2. The molecule has 4 rings (SSSR count). The molecule has 0 radical (unpaired) electrons. The van der Waals surface area contributed by atoms with Gasteiger partial charge in [0.2, 0.25) is 0 Å². The number of rotatable bonds is 5. The molecule has 1 aromatic heterocycles. The highest BCUT2D eigenvalue weighted by Gasteiger charge is 2.35. The van der Waals surface area contributed by atoms with E-state index in [1.807, 2.05) is 30.5 Å². The lowest BCUT2D eigenvalue weighted by atomic mass is 10.1. The van der Waals surface area contributed by atoms with E-state index in [9.17, 15) is 24.3 Å². The van der Waals surface area contributed by atoms with Gasteiger partial charge in [-0.25, -0.2) is 9.59 Å². The zero-order valence-electron chi connectivity index (χ0n) is 19.6. The quantitative estimate of drug-likeness (QED) is 0.237. The highest BCUT2D eigenvalue weighted by atomic mass is 32.1. The van der Waals surface area contributed by atoms with Crippen LogP contribution in [-0.2, 0) is 14.3 Å². The van der Waals surface area contributed by atoms with E-state index in [1.165, 1.54) is 37.5 Å². The molecule has 0 saturated carbocycles. The number of anilines is 1. The molecule has 2 heterocycles. The van der Waals surface area contributed by atoms with Crippen molar-refractivity contribution in [3.05, 3.63) is 88.2 Å². The van der Waals surface area contributed by atoms with Gasteiger partial charge in [-0.2, -0.15) is 0 Å². The van der Waals surface area contributed by atoms with Crippen molar-refractivity contribution in [2.24, 2.45) is 0 Å². The number of aromatic carboxylic acids is 1. The molecule has 0 aliphatic carbocycles. The summed E-state index contributed by atoms with van der Waals surface area (Å²) < 4.78 is 6.70. The first-order valence-electron chi connectivity index (χ1n) is 10.7. The summed E-state index contributed by atoms with van der Waals surface area (Å²) in [5.41, 5.74) is 3.29. The van der Waals surface area contributed by atoms with Gasteiger partial charge in [-0.05, 0) is 80.2 Å². The van der Waals surface area contributed by atoms with Crippen molar-refractivity contribution in [2.75, 3.05) is 12.0 Å². The second-order valence-electron chi connectivity index (χ2n) is 8.02. The van der Waals surface area contributed by atoms with Crippen molar-refractivity contribution in [3.63, 3.8) is 0 Å². The minimum atomic E-state index is -1.16. The Kier molecular flexibility index (Phi) is 6.54. The smallest absolute Gasteiger partial charge is 0.337 e. The third kappa shape index (κ3) is 4.41. The number of thiocarbonyl (C=S) groups is 1. The van der Waals surface area contributed by atoms with Gasteiger partial charge < -0.3 is 14.4 Å². The van der Waals surface area contributed by atoms with E-state index in [4.69, 9.17) is 17.0 Å². The molecule has 0 spiro atoms. The van der Waals surface area contributed by atoms with Gasteiger partial charge in [0, 0.05) is 17.1 Å². The van der Waals surface area contributed by atoms with Crippen LogP contribution in [0, 0.1) is 13.8 Å². The highest BCUT2D eigenvalue weighted by Crippen LogP contribution is 2.27. The van der Waals surface area contributed by atoms with E-state index in [-0.39, 0.29) is 21.9 Å². The van der Waals surface area contributed by atoms with E-state index in [1.54, 1.807) is 18.2 Å². The SMILES string of the molecule is COC(=O)c1cccc(-n2c(C)cc(C=C3C(=O)NC(=S)N(c4cccc(C(=O)O)c4)C3=O)c2C)c1. The molecular formula is C26H21N3O6S. The molecule has 1 fully saturated rings. The number of aryl methyl sites for hydroxylation is 1. The molecular weight excluding hydrogens is 482 g/mol. The van der Waals surface area contributed by atoms with Gasteiger partial charge >= 0.3 is 11.9 Å². The Balaban J connectivity index is 1.75. The third-order valence-electron chi connectivity index (χ3n) is 5.75. The maximum absolute atomic E-state index is 13.4. The molecule has 2 N–H and O–H groups in total. The number of aromatic nitrogens is 1. The standard InChI is InChI=1S/C26H21N3O6S/c1-14-10-18(15(2)28(14)19-8-5-7-17(12-19)25(34)35-3)13-21-22(30)27-26(36)29(23(21)31)20-9-4-6-16(11-20)24(32)33/h4-13H,1-3H3,(H,32,33)(H,27,30,36). The lowest BCUT2D eigenvalue weighted by Gasteiger charge is -2.29. The van der Waals surface area contributed by atoms with Crippen LogP contribution < -0.4 is 10.2 Å². The van der Waals surface area contributed by atoms with Crippen molar-refractivity contribution in [2.45, 2.75) is 13.8 Å². The number of nitrogens with zero attached hydrogens (tertiary/aromatic N) is 2. The maximum atomic E-state index is 13.4. The summed E-state index contributed by atoms with van der Waals surface area (Å²) >= 11 is 5.20. The number of carboxylic acid groups (broad SMARTS) is 1. The van der Waals surface area contributed by atoms with Crippen LogP contribution in [0.4, 0.5) is 5.69 Å². The van der Waals surface area contributed by atoms with Crippen LogP contribution in [0.1, 0.15) is 37.7 Å². The van der Waals surface area contributed by atoms with Gasteiger partial charge in [-0.3, -0.25) is 19.8 Å². The zero-order valence-corrected chi connectivity index (χ0v) is 20.4. The van der Waals surface area contributed by atoms with Crippen LogP contribution in [0.15, 0.2) is 60.2 Å². The number of hydrogen-bond acceptors (Lipinski definition) is 6. The number of ether oxygens (including phenoxy) is 1. The number of nitrogens with one attached hydrogen (secondary N) is 1. The number of esters is 1. The summed E-state index contributed by atoms with van der Waals surface area (Å²) in [6.07, 6.45) is 1.47. The van der Waals surface area contributed by atoms with E-state index < -0.39 is 23.8 Å². The number of carbonyl (C=O) groups excluding carboxylic acids is 3. The second-order valence-corrected chi connectivity index (χ2v) is 8.40. The summed E-state index contributed by atoms with van der Waals surface area (Å²) in [6.45, 7) is 3.69. The number of benzene rings is 2. The summed E-state index contributed by atoms with van der Waals surface area (Å²) in [7, 11) is 1.31. The summed E-state index contributed by atoms with van der Waals surface area (Å²) in [4.78, 5) is 50.5. The van der Waals surface area contributed by atoms with Crippen molar-refractivity contribution in [1.29, 1.82) is 0 Å². The Labute approximate surface area is 211 Å². The Morgan fingerprint density at radius 2 is 1.64 bits per heavy atom. The fourth-order valence-electron chi connectivity index (χ4n) is 4.05. The van der Waals surface area contributed by atoms with Crippen molar-refractivity contribution in [1.82, 2.24) is 9.88 Å². The molecule has 9 nitrogen and oxygen atoms in total. The van der Waals surface area contributed by atoms with Crippen molar-refractivity contribution in [3.8, 4) is 5.69 Å². The molecule has 2 amide bonds. The second kappa shape index (κ2) is 9.59. The largest absolute Gasteiger partial charge is 0.478 e. The van der Waals surface area contributed by atoms with Gasteiger partial charge in [-0.15, -0.1) is 0 Å². The predicted octanol–water partition coefficient (Wildman–Crippen LogP) is 3.41. The van der Waals surface area contributed by atoms with Crippen LogP contribution in [-0.4, -0.2) is 45.6 Å². The van der Waals surface area contributed by atoms with Gasteiger partial charge in [-0.1, -0.05) is 12.1 Å². The van der Waals surface area contributed by atoms with Crippen LogP contribution in [0.3, 0.4) is 0 Å². The molecule has 0 atom stereocenters. The number of carbonyl (C=O) groups is 4. The summed E-state index contributed by atoms with van der Waals surface area (Å²) in [5, 5.41) is 11.7. The van der Waals surface area contributed by atoms with E-state index in [0.29, 0.717) is 16.8 Å². The Hall–Kier alpha value is -4.57. The molecule has 1 saturated heterocycles. The van der Waals surface area contributed by atoms with Gasteiger partial charge in [0.25, 0.3) is 11.8 Å². The monoisotopic (exact) mass is 503 g/mol. The van der Waals surface area contributed by atoms with Crippen LogP contribution >= 0.6 is 12.2 Å². The predicted molar refractivity (Wildman–Crippen MR) is 136 cm³/mol. The molecule has 1 aliphatic rings. The minimum Gasteiger partial charge on any atom is -0.478 e. The van der Waals surface area contributed by atoms with Crippen LogP contribution in [0.5, 0.6) is 0 Å². The zero-order chi connectivity index (χ0) is 26.1. The molecule has 182 valence electrons. The highest BCUT2D eigenvalue weighted by molar-refractivity contribution is 7.80. The molecule has 0 bridgehead atoms. The molecule has 36 heavy (non-hydrogen) atoms. The molecule has 1 aliphatic heterocycles. The molecule has 2 aromatic carbocycles. The summed E-state index contributed by atoms with van der Waals surface area (Å²) in [5.74, 6) is -2.96. The van der Waals surface area contributed by atoms with E-state index >= 15 is 0 Å². The Morgan fingerprint density at radius 3 is 2.31 bits per heavy atom. The fourth-order valence-corrected chi connectivity index (χ4v) is 4.33. The Morgan fingerprint density at radius 1 is 1.00 bits per heavy atom. The number of amides is 2. The lowest BCUT2D eigenvalue weighted by Crippen LogP contribution is -2.54. The molecule has 3 aromatic rings. The Bertz CT molecular complexity index is 1490. The molecule has 10 heteroatoms. The lowest BCUT2D eigenvalue weighted by molar-refractivity contribution is -0.122. The fraction of sp³-hybridized carbons (Fsp3) is 0.115. The summed E-state index contributed by atoms with van der Waals surface area (Å²) in [6, 6.07) is 14.4. The first-order valence-corrected chi connectivity index (χ1v) is 11.2. The van der Waals surface area contributed by atoms with Gasteiger partial charge in [0.15, 0.2) is 5.11 Å². The number of carboxylic acids is 1. The topological polar surface area (TPSA) is 118 Å². The average Bonchev–Trinajstić information content (AvgIpc) is 3.13. The van der Waals surface area contributed by atoms with Crippen LogP contribution in [0.25, 0.3) is 11.8 Å². The van der Waals surface area contributed by atoms with Gasteiger partial charge in [0.05, 0.1) is 23.9 Å². The maximum Gasteiger partial charge on any atom is 0.337 e. The minimum absolute atomic E-state index is 0.0248. The van der Waals surface area contributed by atoms with E-state index in [2.05, 4.69) is 5.32 Å². The van der Waals surface area contributed by atoms with Gasteiger partial charge in [0.1, 0.15) is 5.57 Å². The third-order valence-corrected chi connectivity index (χ3v) is 6.03. The van der Waals surface area contributed by atoms with Crippen LogP contribution in [0.2, 0.25) is 0 Å². The average molecular weight is 504 g/mol. The number of methoxy groups -OCH3 is 1. The van der Waals surface area contributed by atoms with E-state index in [0.717, 1.165) is 16.3 Å². The first kappa shape index (κ1) is 24.6. The molecule has 0 unspecified atom stereocenters. The first-order chi connectivity index (χ1) is 17.1. The normalized spacial score (nSPS) is 14.7.